The van der Waals surface area contributed by atoms with Crippen LogP contribution in [0.2, 0.25) is 0 Å². The largest absolute Gasteiger partial charge is 0.493 e. The number of methoxy groups -OCH3 is 2. The van der Waals surface area contributed by atoms with E-state index in [1.54, 1.807) is 18.9 Å². The van der Waals surface area contributed by atoms with E-state index >= 15 is 0 Å². The molecule has 4 rings (SSSR count). The fourth-order valence-corrected chi connectivity index (χ4v) is 3.30. The number of hydrogen-bond donors (Lipinski definition) is 1. The van der Waals surface area contributed by atoms with E-state index in [0.29, 0.717) is 23.5 Å². The van der Waals surface area contributed by atoms with Crippen LogP contribution in [0.15, 0.2) is 42.5 Å². The van der Waals surface area contributed by atoms with Crippen LogP contribution in [-0.4, -0.2) is 35.1 Å². The highest BCUT2D eigenvalue weighted by atomic mass is 16.5. The number of carbonyl (C=O) groups is 1. The van der Waals surface area contributed by atoms with Crippen LogP contribution in [0.5, 0.6) is 11.5 Å². The SMILES string of the molecule is COc1cc2c(cc1OC)-c1c(c(C(=O)O)nn1-c1ccccc1)C2. The van der Waals surface area contributed by atoms with Crippen LogP contribution in [-0.2, 0) is 6.42 Å². The molecule has 0 unspecified atom stereocenters. The molecular formula is C19H16N2O4. The van der Waals surface area contributed by atoms with E-state index in [0.717, 1.165) is 22.5 Å². The Morgan fingerprint density at radius 3 is 2.44 bits per heavy atom. The van der Waals surface area contributed by atoms with E-state index in [-0.39, 0.29) is 5.69 Å². The molecule has 1 N–H and O–H groups in total. The van der Waals surface area contributed by atoms with Crippen molar-refractivity contribution in [3.05, 3.63) is 59.3 Å². The van der Waals surface area contributed by atoms with Crippen LogP contribution in [0.25, 0.3) is 16.9 Å². The molecule has 0 amide bonds. The van der Waals surface area contributed by atoms with Crippen molar-refractivity contribution in [3.8, 4) is 28.4 Å². The Labute approximate surface area is 144 Å². The van der Waals surface area contributed by atoms with Gasteiger partial charge in [-0.25, -0.2) is 9.48 Å². The molecule has 1 heterocycles. The second-order valence-corrected chi connectivity index (χ2v) is 5.77. The second-order valence-electron chi connectivity index (χ2n) is 5.77. The normalized spacial score (nSPS) is 11.8. The molecular weight excluding hydrogens is 320 g/mol. The molecule has 6 nitrogen and oxygen atoms in total. The Bertz CT molecular complexity index is 977. The minimum atomic E-state index is -1.03. The van der Waals surface area contributed by atoms with Crippen molar-refractivity contribution >= 4 is 5.97 Å². The van der Waals surface area contributed by atoms with Crippen molar-refractivity contribution in [1.82, 2.24) is 9.78 Å². The topological polar surface area (TPSA) is 73.6 Å². The number of para-hydroxylation sites is 1. The molecule has 1 aliphatic rings. The van der Waals surface area contributed by atoms with Gasteiger partial charge in [-0.3, -0.25) is 0 Å². The van der Waals surface area contributed by atoms with E-state index < -0.39 is 5.97 Å². The van der Waals surface area contributed by atoms with Crippen molar-refractivity contribution < 1.29 is 19.4 Å². The van der Waals surface area contributed by atoms with Crippen molar-refractivity contribution in [2.45, 2.75) is 6.42 Å². The molecule has 0 spiro atoms. The van der Waals surface area contributed by atoms with Gasteiger partial charge in [-0.05, 0) is 29.8 Å². The average Bonchev–Trinajstić information content (AvgIpc) is 3.17. The Morgan fingerprint density at radius 2 is 1.80 bits per heavy atom. The van der Waals surface area contributed by atoms with Crippen molar-refractivity contribution in [1.29, 1.82) is 0 Å². The highest BCUT2D eigenvalue weighted by Crippen LogP contribution is 2.44. The van der Waals surface area contributed by atoms with Gasteiger partial charge in [0.05, 0.1) is 25.6 Å². The Balaban J connectivity index is 1.99. The number of ether oxygens (including phenoxy) is 2. The van der Waals surface area contributed by atoms with Gasteiger partial charge in [0, 0.05) is 17.5 Å². The van der Waals surface area contributed by atoms with Gasteiger partial charge in [0.15, 0.2) is 17.2 Å². The summed E-state index contributed by atoms with van der Waals surface area (Å²) in [5.74, 6) is 0.201. The quantitative estimate of drug-likeness (QED) is 0.620. The predicted octanol–water partition coefficient (Wildman–Crippen LogP) is 3.16. The first kappa shape index (κ1) is 15.3. The Morgan fingerprint density at radius 1 is 1.12 bits per heavy atom. The summed E-state index contributed by atoms with van der Waals surface area (Å²) in [7, 11) is 3.16. The molecule has 0 bridgehead atoms. The summed E-state index contributed by atoms with van der Waals surface area (Å²) in [6, 6.07) is 13.3. The Hall–Kier alpha value is -3.28. The third-order valence-electron chi connectivity index (χ3n) is 4.42. The summed E-state index contributed by atoms with van der Waals surface area (Å²) in [5, 5.41) is 13.9. The van der Waals surface area contributed by atoms with Gasteiger partial charge >= 0.3 is 5.97 Å². The summed E-state index contributed by atoms with van der Waals surface area (Å²) in [4.78, 5) is 11.7. The molecule has 126 valence electrons. The summed E-state index contributed by atoms with van der Waals surface area (Å²) in [6.07, 6.45) is 0.499. The molecule has 25 heavy (non-hydrogen) atoms. The van der Waals surface area contributed by atoms with E-state index in [1.807, 2.05) is 42.5 Å². The van der Waals surface area contributed by atoms with Crippen LogP contribution in [0.3, 0.4) is 0 Å². The van der Waals surface area contributed by atoms with E-state index in [2.05, 4.69) is 5.10 Å². The smallest absolute Gasteiger partial charge is 0.356 e. The van der Waals surface area contributed by atoms with Crippen molar-refractivity contribution in [2.24, 2.45) is 0 Å². The Kier molecular flexibility index (Phi) is 3.46. The van der Waals surface area contributed by atoms with Gasteiger partial charge in [0.1, 0.15) is 0 Å². The first-order valence-electron chi connectivity index (χ1n) is 7.80. The third kappa shape index (κ3) is 2.26. The molecule has 0 fully saturated rings. The van der Waals surface area contributed by atoms with Crippen LogP contribution in [0.1, 0.15) is 21.6 Å². The maximum atomic E-state index is 11.7. The summed E-state index contributed by atoms with van der Waals surface area (Å²) >= 11 is 0. The zero-order valence-electron chi connectivity index (χ0n) is 13.8. The molecule has 1 aromatic heterocycles. The lowest BCUT2D eigenvalue weighted by atomic mass is 10.1. The summed E-state index contributed by atoms with van der Waals surface area (Å²) in [5.41, 5.74) is 4.30. The zero-order chi connectivity index (χ0) is 17.6. The second kappa shape index (κ2) is 5.66. The van der Waals surface area contributed by atoms with Gasteiger partial charge < -0.3 is 14.6 Å². The monoisotopic (exact) mass is 336 g/mol. The van der Waals surface area contributed by atoms with Gasteiger partial charge in [-0.15, -0.1) is 0 Å². The molecule has 0 saturated heterocycles. The number of benzene rings is 2. The zero-order valence-corrected chi connectivity index (χ0v) is 13.8. The average molecular weight is 336 g/mol. The lowest BCUT2D eigenvalue weighted by Gasteiger charge is -2.12. The number of rotatable bonds is 4. The number of nitrogens with zero attached hydrogens (tertiary/aromatic N) is 2. The van der Waals surface area contributed by atoms with Crippen LogP contribution >= 0.6 is 0 Å². The van der Waals surface area contributed by atoms with Crippen LogP contribution in [0, 0.1) is 0 Å². The van der Waals surface area contributed by atoms with E-state index in [1.165, 1.54) is 0 Å². The lowest BCUT2D eigenvalue weighted by molar-refractivity contribution is 0.0689. The maximum Gasteiger partial charge on any atom is 0.356 e. The van der Waals surface area contributed by atoms with Gasteiger partial charge in [0.25, 0.3) is 0 Å². The van der Waals surface area contributed by atoms with Crippen LogP contribution in [0.4, 0.5) is 0 Å². The fourth-order valence-electron chi connectivity index (χ4n) is 3.30. The van der Waals surface area contributed by atoms with E-state index in [4.69, 9.17) is 9.47 Å². The highest BCUT2D eigenvalue weighted by Gasteiger charge is 2.32. The number of fused-ring (bicyclic) bond motifs is 3. The number of aromatic carboxylic acids is 1. The predicted molar refractivity (Wildman–Crippen MR) is 91.9 cm³/mol. The molecule has 6 heteroatoms. The molecule has 0 atom stereocenters. The van der Waals surface area contributed by atoms with E-state index in [9.17, 15) is 9.90 Å². The maximum absolute atomic E-state index is 11.7. The number of aromatic nitrogens is 2. The number of hydrogen-bond acceptors (Lipinski definition) is 4. The summed E-state index contributed by atoms with van der Waals surface area (Å²) < 4.78 is 12.5. The van der Waals surface area contributed by atoms with Gasteiger partial charge in [-0.2, -0.15) is 5.10 Å². The molecule has 2 aromatic carbocycles. The molecule has 3 aromatic rings. The third-order valence-corrected chi connectivity index (χ3v) is 4.42. The molecule has 0 aliphatic heterocycles. The molecule has 0 radical (unpaired) electrons. The van der Waals surface area contributed by atoms with Crippen molar-refractivity contribution in [2.75, 3.05) is 14.2 Å². The first-order valence-corrected chi connectivity index (χ1v) is 7.80. The molecule has 0 saturated carbocycles. The summed E-state index contributed by atoms with van der Waals surface area (Å²) in [6.45, 7) is 0. The fraction of sp³-hybridized carbons (Fsp3) is 0.158. The standard InChI is InChI=1S/C19H16N2O4/c1-24-15-9-11-8-14-17(19(22)23)20-21(12-6-4-3-5-7-12)18(14)13(11)10-16(15)25-2/h3-7,9-10H,8H2,1-2H3,(H,22,23). The van der Waals surface area contributed by atoms with Crippen LogP contribution < -0.4 is 9.47 Å². The minimum absolute atomic E-state index is 0.0768. The van der Waals surface area contributed by atoms with Crippen molar-refractivity contribution in [3.63, 3.8) is 0 Å². The van der Waals surface area contributed by atoms with Gasteiger partial charge in [-0.1, -0.05) is 18.2 Å². The first-order chi connectivity index (χ1) is 12.1. The number of carboxylic acid groups (broad SMARTS) is 1. The molecule has 1 aliphatic carbocycles. The lowest BCUT2D eigenvalue weighted by Crippen LogP contribution is -2.04. The minimum Gasteiger partial charge on any atom is -0.493 e. The number of carboxylic acids is 1. The van der Waals surface area contributed by atoms with Gasteiger partial charge in [0.2, 0.25) is 0 Å². The highest BCUT2D eigenvalue weighted by molar-refractivity contribution is 5.92.